The van der Waals surface area contributed by atoms with Gasteiger partial charge in [0.25, 0.3) is 0 Å². The monoisotopic (exact) mass is 748 g/mol. The molecule has 1 unspecified atom stereocenters. The fraction of sp³-hybridized carbons (Fsp3) is 0.0196. The van der Waals surface area contributed by atoms with E-state index in [9.17, 15) is 0 Å². The Hall–Kier alpha value is -7.28. The molecule has 0 bridgehead atoms. The predicted octanol–water partition coefficient (Wildman–Crippen LogP) is 13.2. The highest BCUT2D eigenvalue weighted by Gasteiger charge is 2.22. The van der Waals surface area contributed by atoms with Crippen LogP contribution in [0.1, 0.15) is 22.9 Å². The zero-order valence-electron chi connectivity index (χ0n) is 30.6. The molecule has 0 fully saturated rings. The number of aliphatic imine (C=N–C) groups is 2. The Morgan fingerprint density at radius 3 is 2.02 bits per heavy atom. The first-order chi connectivity index (χ1) is 28.2. The van der Waals surface area contributed by atoms with Gasteiger partial charge in [-0.15, -0.1) is 11.3 Å². The van der Waals surface area contributed by atoms with Crippen LogP contribution in [-0.4, -0.2) is 16.2 Å². The number of hydrogen-bond acceptors (Lipinski definition) is 5. The van der Waals surface area contributed by atoms with Gasteiger partial charge >= 0.3 is 0 Å². The van der Waals surface area contributed by atoms with Crippen molar-refractivity contribution in [3.05, 3.63) is 199 Å². The minimum atomic E-state index is -0.246. The van der Waals surface area contributed by atoms with E-state index in [0.717, 1.165) is 72.6 Å². The fourth-order valence-electron chi connectivity index (χ4n) is 8.64. The van der Waals surface area contributed by atoms with Crippen LogP contribution in [0.4, 0.5) is 0 Å². The molecule has 268 valence electrons. The molecule has 0 aliphatic carbocycles. The van der Waals surface area contributed by atoms with Crippen molar-refractivity contribution in [3.63, 3.8) is 0 Å². The molecule has 11 aromatic rings. The quantitative estimate of drug-likeness (QED) is 0.191. The number of thiophene rings is 1. The summed E-state index contributed by atoms with van der Waals surface area (Å²) in [4.78, 5) is 10.2. The number of hydrogen-bond donors (Lipinski definition) is 1. The van der Waals surface area contributed by atoms with Crippen molar-refractivity contribution in [2.45, 2.75) is 6.17 Å². The Morgan fingerprint density at radius 1 is 0.526 bits per heavy atom. The molecule has 1 atom stereocenters. The van der Waals surface area contributed by atoms with E-state index in [1.54, 1.807) is 0 Å². The van der Waals surface area contributed by atoms with Gasteiger partial charge in [-0.3, -0.25) is 0 Å². The van der Waals surface area contributed by atoms with Gasteiger partial charge in [-0.1, -0.05) is 140 Å². The second-order valence-electron chi connectivity index (χ2n) is 14.6. The summed E-state index contributed by atoms with van der Waals surface area (Å²) in [5.74, 6) is 1.54. The summed E-state index contributed by atoms with van der Waals surface area (Å²) in [6, 6.07) is 64.3. The Balaban J connectivity index is 0.975. The molecule has 0 spiro atoms. The van der Waals surface area contributed by atoms with Crippen molar-refractivity contribution in [1.82, 2.24) is 9.88 Å². The lowest BCUT2D eigenvalue weighted by Gasteiger charge is -2.23. The summed E-state index contributed by atoms with van der Waals surface area (Å²) in [6.45, 7) is 0. The van der Waals surface area contributed by atoms with Crippen LogP contribution in [0.15, 0.2) is 196 Å². The Labute approximate surface area is 331 Å². The van der Waals surface area contributed by atoms with Crippen molar-refractivity contribution < 1.29 is 4.42 Å². The Morgan fingerprint density at radius 2 is 1.21 bits per heavy atom. The van der Waals surface area contributed by atoms with E-state index < -0.39 is 0 Å². The largest absolute Gasteiger partial charge is 0.454 e. The fourth-order valence-corrected chi connectivity index (χ4v) is 9.81. The van der Waals surface area contributed by atoms with E-state index in [1.807, 2.05) is 35.6 Å². The van der Waals surface area contributed by atoms with Crippen LogP contribution < -0.4 is 5.32 Å². The second-order valence-corrected chi connectivity index (χ2v) is 15.6. The van der Waals surface area contributed by atoms with E-state index in [2.05, 4.69) is 168 Å². The number of para-hydroxylation sites is 3. The van der Waals surface area contributed by atoms with Gasteiger partial charge in [0.05, 0.1) is 16.7 Å². The van der Waals surface area contributed by atoms with Crippen LogP contribution in [-0.2, 0) is 0 Å². The van der Waals surface area contributed by atoms with Gasteiger partial charge in [-0.05, 0) is 59.2 Å². The predicted molar refractivity (Wildman–Crippen MR) is 238 cm³/mol. The molecule has 57 heavy (non-hydrogen) atoms. The Kier molecular flexibility index (Phi) is 7.09. The zero-order valence-corrected chi connectivity index (χ0v) is 31.4. The molecule has 1 N–H and O–H groups in total. The van der Waals surface area contributed by atoms with Crippen LogP contribution in [0.5, 0.6) is 0 Å². The van der Waals surface area contributed by atoms with Gasteiger partial charge in [0, 0.05) is 52.8 Å². The number of furan rings is 1. The molecule has 0 saturated heterocycles. The average molecular weight is 749 g/mol. The first-order valence-electron chi connectivity index (χ1n) is 19.2. The van der Waals surface area contributed by atoms with E-state index in [0.29, 0.717) is 0 Å². The summed E-state index contributed by atoms with van der Waals surface area (Å²) in [7, 11) is 0. The number of amidine groups is 2. The van der Waals surface area contributed by atoms with Crippen molar-refractivity contribution in [3.8, 4) is 16.8 Å². The van der Waals surface area contributed by atoms with E-state index in [4.69, 9.17) is 14.4 Å². The van der Waals surface area contributed by atoms with Gasteiger partial charge in [0.2, 0.25) is 0 Å². The smallest absolute Gasteiger partial charge is 0.159 e. The minimum absolute atomic E-state index is 0.246. The highest BCUT2D eigenvalue weighted by atomic mass is 32.1. The van der Waals surface area contributed by atoms with Crippen LogP contribution in [0, 0.1) is 0 Å². The first-order valence-corrected chi connectivity index (χ1v) is 20.0. The lowest BCUT2D eigenvalue weighted by Crippen LogP contribution is -2.33. The summed E-state index contributed by atoms with van der Waals surface area (Å²) in [5.41, 5.74) is 10.6. The van der Waals surface area contributed by atoms with Crippen molar-refractivity contribution in [2.75, 3.05) is 0 Å². The maximum atomic E-state index is 6.86. The zero-order chi connectivity index (χ0) is 37.5. The van der Waals surface area contributed by atoms with Crippen molar-refractivity contribution >= 4 is 86.9 Å². The standard InChI is InChI=1S/C51H32N4OS/c1-3-13-31(14-4-1)49-52-50(32-15-5-2-6-16-32)54-51(53-49)34-26-28-40-46(30-34)57-45-24-12-19-35(47(40)45)33-25-27-38-39-20-11-23-43(48(39)56-44(38)29-33)55-41-21-9-7-17-36(41)37-18-8-10-22-42(37)55/h1-30,49H,(H,52,53,54). The molecule has 0 saturated carbocycles. The normalized spacial score (nSPS) is 14.5. The van der Waals surface area contributed by atoms with Gasteiger partial charge < -0.3 is 14.3 Å². The molecule has 3 aromatic heterocycles. The molecule has 0 amide bonds. The molecule has 4 heterocycles. The number of rotatable bonds is 5. The summed E-state index contributed by atoms with van der Waals surface area (Å²) in [5, 5.41) is 10.7. The van der Waals surface area contributed by atoms with Crippen molar-refractivity contribution in [1.29, 1.82) is 0 Å². The number of nitrogens with zero attached hydrogens (tertiary/aromatic N) is 3. The Bertz CT molecular complexity index is 3390. The molecule has 6 heteroatoms. The molecule has 5 nitrogen and oxygen atoms in total. The molecular formula is C51H32N4OS. The van der Waals surface area contributed by atoms with Crippen LogP contribution in [0.25, 0.3) is 80.7 Å². The molecule has 0 radical (unpaired) electrons. The van der Waals surface area contributed by atoms with Gasteiger partial charge in [-0.25, -0.2) is 9.98 Å². The van der Waals surface area contributed by atoms with Gasteiger partial charge in [-0.2, -0.15) is 0 Å². The number of aromatic nitrogens is 1. The van der Waals surface area contributed by atoms with Gasteiger partial charge in [0.15, 0.2) is 11.4 Å². The molecular weight excluding hydrogens is 717 g/mol. The lowest BCUT2D eigenvalue weighted by atomic mass is 9.98. The van der Waals surface area contributed by atoms with E-state index in [-0.39, 0.29) is 6.17 Å². The second kappa shape index (κ2) is 12.6. The molecule has 12 rings (SSSR count). The average Bonchev–Trinajstić information content (AvgIpc) is 3.96. The highest BCUT2D eigenvalue weighted by molar-refractivity contribution is 7.26. The van der Waals surface area contributed by atoms with Crippen LogP contribution in [0.2, 0.25) is 0 Å². The summed E-state index contributed by atoms with van der Waals surface area (Å²) >= 11 is 1.81. The molecule has 8 aromatic carbocycles. The summed E-state index contributed by atoms with van der Waals surface area (Å²) < 4.78 is 11.6. The first kappa shape index (κ1) is 32.0. The third-order valence-electron chi connectivity index (χ3n) is 11.3. The number of nitrogens with one attached hydrogen (secondary N) is 1. The van der Waals surface area contributed by atoms with Crippen LogP contribution in [0.3, 0.4) is 0 Å². The van der Waals surface area contributed by atoms with E-state index in [1.165, 1.54) is 36.5 Å². The third-order valence-corrected chi connectivity index (χ3v) is 12.4. The highest BCUT2D eigenvalue weighted by Crippen LogP contribution is 2.43. The SMILES string of the molecule is c1ccc(C2=NC(c3ccc4c(c3)sc3cccc(-c5ccc6c(c5)oc5c(-n7c8ccccc8c8ccccc87)cccc56)c34)=NC(c3ccccc3)N2)cc1. The van der Waals surface area contributed by atoms with Crippen molar-refractivity contribution in [2.24, 2.45) is 9.98 Å². The maximum Gasteiger partial charge on any atom is 0.159 e. The van der Waals surface area contributed by atoms with Gasteiger partial charge in [0.1, 0.15) is 17.6 Å². The molecule has 1 aliphatic rings. The van der Waals surface area contributed by atoms with Crippen LogP contribution >= 0.6 is 11.3 Å². The third kappa shape index (κ3) is 5.08. The molecule has 1 aliphatic heterocycles. The maximum absolute atomic E-state index is 6.86. The number of fused-ring (bicyclic) bond motifs is 9. The minimum Gasteiger partial charge on any atom is -0.454 e. The number of benzene rings is 8. The van der Waals surface area contributed by atoms with E-state index >= 15 is 0 Å². The topological polar surface area (TPSA) is 54.8 Å². The lowest BCUT2D eigenvalue weighted by molar-refractivity contribution is 0.666. The summed E-state index contributed by atoms with van der Waals surface area (Å²) in [6.07, 6.45) is -0.246.